The molecular weight excluding hydrogens is 316 g/mol. The third-order valence-corrected chi connectivity index (χ3v) is 3.15. The van der Waals surface area contributed by atoms with Crippen LogP contribution < -0.4 is 0 Å². The molecule has 21 heavy (non-hydrogen) atoms. The van der Waals surface area contributed by atoms with Crippen molar-refractivity contribution in [2.75, 3.05) is 19.8 Å². The van der Waals surface area contributed by atoms with E-state index in [9.17, 15) is 23.7 Å². The van der Waals surface area contributed by atoms with Gasteiger partial charge in [0, 0.05) is 0 Å². The van der Waals surface area contributed by atoms with Crippen molar-refractivity contribution in [1.82, 2.24) is 0 Å². The van der Waals surface area contributed by atoms with Crippen LogP contribution >= 0.6 is 0 Å². The van der Waals surface area contributed by atoms with Crippen molar-refractivity contribution in [2.45, 2.75) is 36.8 Å². The Hall–Kier alpha value is -0.410. The Morgan fingerprint density at radius 2 is 1.76 bits per heavy atom. The summed E-state index contributed by atoms with van der Waals surface area (Å²) in [5, 5.41) is 46.6. The maximum atomic E-state index is 10.5. The van der Waals surface area contributed by atoms with Gasteiger partial charge in [0.05, 0.1) is 19.8 Å². The van der Waals surface area contributed by atoms with E-state index in [2.05, 4.69) is 4.18 Å². The molecule has 6 N–H and O–H groups in total. The zero-order valence-electron chi connectivity index (χ0n) is 10.7. The summed E-state index contributed by atoms with van der Waals surface area (Å²) in [6.07, 6.45) is -9.26. The maximum Gasteiger partial charge on any atom is 0.397 e. The minimum atomic E-state index is -4.77. The van der Waals surface area contributed by atoms with Gasteiger partial charge in [0.2, 0.25) is 0 Å². The summed E-state index contributed by atoms with van der Waals surface area (Å²) in [6, 6.07) is 0. The minimum Gasteiger partial charge on any atom is -0.394 e. The first-order valence-corrected chi connectivity index (χ1v) is 7.24. The summed E-state index contributed by atoms with van der Waals surface area (Å²) < 4.78 is 43.3. The Balaban J connectivity index is 2.64. The van der Waals surface area contributed by atoms with E-state index in [1.54, 1.807) is 0 Å². The highest BCUT2D eigenvalue weighted by Gasteiger charge is 2.44. The molecule has 1 rings (SSSR count). The lowest BCUT2D eigenvalue weighted by atomic mass is 9.99. The summed E-state index contributed by atoms with van der Waals surface area (Å²) in [5.41, 5.74) is 0. The monoisotopic (exact) mass is 334 g/mol. The van der Waals surface area contributed by atoms with Gasteiger partial charge in [0.25, 0.3) is 0 Å². The Kier molecular flexibility index (Phi) is 6.86. The van der Waals surface area contributed by atoms with E-state index in [1.807, 2.05) is 0 Å². The molecule has 1 heterocycles. The van der Waals surface area contributed by atoms with Crippen molar-refractivity contribution in [3.8, 4) is 0 Å². The van der Waals surface area contributed by atoms with Gasteiger partial charge in [0.15, 0.2) is 6.29 Å². The van der Waals surface area contributed by atoms with Crippen LogP contribution in [0.5, 0.6) is 0 Å². The predicted molar refractivity (Wildman–Crippen MR) is 63.2 cm³/mol. The second-order valence-corrected chi connectivity index (χ2v) is 5.49. The lowest BCUT2D eigenvalue weighted by molar-refractivity contribution is -0.303. The summed E-state index contributed by atoms with van der Waals surface area (Å²) in [7, 11) is -4.77. The number of hydrogen-bond acceptors (Lipinski definition) is 10. The standard InChI is InChI=1S/C9H18O11S/c10-1-4(11)2-18-9-8(14)7(13)6(12)5(20-9)3-19-21(15,16)17/h4-14H,1-3H2,(H,15,16,17)/t4-,5-,6-,7+,8-,9+/m1/s1. The Labute approximate surface area is 120 Å². The highest BCUT2D eigenvalue weighted by molar-refractivity contribution is 7.80. The zero-order chi connectivity index (χ0) is 16.2. The topological polar surface area (TPSA) is 183 Å². The number of ether oxygens (including phenoxy) is 2. The van der Waals surface area contributed by atoms with Crippen LogP contribution in [-0.2, 0) is 24.1 Å². The van der Waals surface area contributed by atoms with E-state index in [0.29, 0.717) is 0 Å². The van der Waals surface area contributed by atoms with E-state index in [1.165, 1.54) is 0 Å². The lowest BCUT2D eigenvalue weighted by Crippen LogP contribution is -2.59. The first-order valence-electron chi connectivity index (χ1n) is 5.87. The fourth-order valence-corrected chi connectivity index (χ4v) is 1.91. The smallest absolute Gasteiger partial charge is 0.394 e. The van der Waals surface area contributed by atoms with Crippen LogP contribution in [-0.4, -0.2) is 95.1 Å². The van der Waals surface area contributed by atoms with Crippen LogP contribution in [0.3, 0.4) is 0 Å². The van der Waals surface area contributed by atoms with E-state index in [-0.39, 0.29) is 0 Å². The molecule has 0 amide bonds. The van der Waals surface area contributed by atoms with Gasteiger partial charge < -0.3 is 35.0 Å². The van der Waals surface area contributed by atoms with Crippen LogP contribution in [0.2, 0.25) is 0 Å². The van der Waals surface area contributed by atoms with Crippen LogP contribution in [0.4, 0.5) is 0 Å². The van der Waals surface area contributed by atoms with E-state index >= 15 is 0 Å². The fourth-order valence-electron chi connectivity index (χ4n) is 1.60. The maximum absolute atomic E-state index is 10.5. The summed E-state index contributed by atoms with van der Waals surface area (Å²) in [5.74, 6) is 0. The predicted octanol–water partition coefficient (Wildman–Crippen LogP) is -4.02. The van der Waals surface area contributed by atoms with Crippen molar-refractivity contribution in [1.29, 1.82) is 0 Å². The largest absolute Gasteiger partial charge is 0.397 e. The molecule has 0 aliphatic carbocycles. The van der Waals surface area contributed by atoms with E-state index in [0.717, 1.165) is 0 Å². The van der Waals surface area contributed by atoms with Gasteiger partial charge in [-0.05, 0) is 0 Å². The van der Waals surface area contributed by atoms with Gasteiger partial charge in [-0.15, -0.1) is 0 Å². The van der Waals surface area contributed by atoms with Crippen LogP contribution in [0.1, 0.15) is 0 Å². The molecule has 0 bridgehead atoms. The molecule has 126 valence electrons. The highest BCUT2D eigenvalue weighted by atomic mass is 32.3. The van der Waals surface area contributed by atoms with Gasteiger partial charge in [0.1, 0.15) is 30.5 Å². The van der Waals surface area contributed by atoms with Gasteiger partial charge in [-0.25, -0.2) is 4.18 Å². The van der Waals surface area contributed by atoms with Crippen LogP contribution in [0, 0.1) is 0 Å². The third kappa shape index (κ3) is 5.71. The normalized spacial score (nSPS) is 35.6. The summed E-state index contributed by atoms with van der Waals surface area (Å²) in [4.78, 5) is 0. The van der Waals surface area contributed by atoms with Crippen LogP contribution in [0.25, 0.3) is 0 Å². The first-order chi connectivity index (χ1) is 9.65. The lowest BCUT2D eigenvalue weighted by Gasteiger charge is -2.40. The molecule has 12 heteroatoms. The quantitative estimate of drug-likeness (QED) is 0.249. The minimum absolute atomic E-state index is 0.438. The molecule has 11 nitrogen and oxygen atoms in total. The molecule has 1 saturated heterocycles. The Bertz CT molecular complexity index is 412. The molecule has 1 aliphatic heterocycles. The van der Waals surface area contributed by atoms with Crippen molar-refractivity contribution >= 4 is 10.4 Å². The SMILES string of the molecule is O=S(=O)(O)OC[C@H]1O[C@H](OC[C@H](O)CO)[C@H](O)[C@@H](O)[C@@H]1O. The van der Waals surface area contributed by atoms with Gasteiger partial charge >= 0.3 is 10.4 Å². The molecule has 0 unspecified atom stereocenters. The molecule has 0 aromatic carbocycles. The number of aliphatic hydroxyl groups excluding tert-OH is 5. The molecule has 0 radical (unpaired) electrons. The molecule has 0 aromatic heterocycles. The number of hydrogen-bond donors (Lipinski definition) is 6. The molecule has 1 fully saturated rings. The second kappa shape index (κ2) is 7.73. The van der Waals surface area contributed by atoms with Gasteiger partial charge in [-0.3, -0.25) is 4.55 Å². The highest BCUT2D eigenvalue weighted by Crippen LogP contribution is 2.22. The number of rotatable bonds is 7. The van der Waals surface area contributed by atoms with Crippen molar-refractivity contribution in [3.63, 3.8) is 0 Å². The van der Waals surface area contributed by atoms with E-state index < -0.39 is 67.0 Å². The first kappa shape index (κ1) is 18.6. The zero-order valence-corrected chi connectivity index (χ0v) is 11.5. The Morgan fingerprint density at radius 3 is 2.29 bits per heavy atom. The summed E-state index contributed by atoms with van der Waals surface area (Å²) >= 11 is 0. The van der Waals surface area contributed by atoms with Gasteiger partial charge in [-0.1, -0.05) is 0 Å². The average molecular weight is 334 g/mol. The molecule has 0 aromatic rings. The molecular formula is C9H18O11S. The van der Waals surface area contributed by atoms with Crippen LogP contribution in [0.15, 0.2) is 0 Å². The Morgan fingerprint density at radius 1 is 1.14 bits per heavy atom. The fraction of sp³-hybridized carbons (Fsp3) is 1.00. The molecule has 0 spiro atoms. The number of aliphatic hydroxyl groups is 5. The molecule has 1 aliphatic rings. The van der Waals surface area contributed by atoms with E-state index in [4.69, 9.17) is 24.2 Å². The molecule has 6 atom stereocenters. The van der Waals surface area contributed by atoms with Crippen molar-refractivity contribution < 1.29 is 52.2 Å². The third-order valence-electron chi connectivity index (χ3n) is 2.71. The van der Waals surface area contributed by atoms with Crippen molar-refractivity contribution in [2.24, 2.45) is 0 Å². The average Bonchev–Trinajstić information content (AvgIpc) is 2.41. The van der Waals surface area contributed by atoms with Gasteiger partial charge in [-0.2, -0.15) is 8.42 Å². The van der Waals surface area contributed by atoms with Crippen molar-refractivity contribution in [3.05, 3.63) is 0 Å². The second-order valence-electron chi connectivity index (χ2n) is 4.40. The summed E-state index contributed by atoms with van der Waals surface area (Å²) in [6.45, 7) is -1.87. The molecule has 0 saturated carbocycles.